The summed E-state index contributed by atoms with van der Waals surface area (Å²) in [6.45, 7) is 4.19. The number of hydrogen-bond donors (Lipinski definition) is 1. The molecule has 1 atom stereocenters. The van der Waals surface area contributed by atoms with E-state index in [-0.39, 0.29) is 24.2 Å². The normalized spacial score (nSPS) is 11.9. The number of carbonyl (C=O) groups is 1. The van der Waals surface area contributed by atoms with Crippen LogP contribution >= 0.6 is 12.4 Å². The van der Waals surface area contributed by atoms with Crippen LogP contribution in [0, 0.1) is 0 Å². The predicted molar refractivity (Wildman–Crippen MR) is 73.1 cm³/mol. The topological polar surface area (TPSA) is 43.1 Å². The highest BCUT2D eigenvalue weighted by molar-refractivity contribution is 5.85. The van der Waals surface area contributed by atoms with Gasteiger partial charge in [-0.15, -0.1) is 12.4 Å². The number of ketones is 1. The standard InChI is InChI=1S/C13H27NO.ClH/c1-3-5-6-7-8-9-10-11-13(15)12(14)4-2;/h12H,3-11,14H2,1-2H3;1H. The Kier molecular flexibility index (Phi) is 14.8. The van der Waals surface area contributed by atoms with Crippen LogP contribution in [0.4, 0.5) is 0 Å². The molecule has 2 N–H and O–H groups in total. The zero-order chi connectivity index (χ0) is 11.5. The van der Waals surface area contributed by atoms with Crippen LogP contribution in [-0.4, -0.2) is 11.8 Å². The van der Waals surface area contributed by atoms with E-state index < -0.39 is 0 Å². The van der Waals surface area contributed by atoms with Crippen LogP contribution < -0.4 is 5.73 Å². The molecule has 0 aromatic carbocycles. The van der Waals surface area contributed by atoms with Crippen molar-refractivity contribution in [3.8, 4) is 0 Å². The van der Waals surface area contributed by atoms with Crippen molar-refractivity contribution in [2.75, 3.05) is 0 Å². The highest BCUT2D eigenvalue weighted by Crippen LogP contribution is 2.09. The van der Waals surface area contributed by atoms with Crippen molar-refractivity contribution in [1.82, 2.24) is 0 Å². The molecule has 0 fully saturated rings. The van der Waals surface area contributed by atoms with Crippen LogP contribution in [0.2, 0.25) is 0 Å². The van der Waals surface area contributed by atoms with Crippen LogP contribution in [-0.2, 0) is 4.79 Å². The Bertz CT molecular complexity index is 162. The Hall–Kier alpha value is -0.0800. The first kappa shape index (κ1) is 18.3. The lowest BCUT2D eigenvalue weighted by molar-refractivity contribution is -0.120. The molecule has 0 radical (unpaired) electrons. The summed E-state index contributed by atoms with van der Waals surface area (Å²) < 4.78 is 0. The lowest BCUT2D eigenvalue weighted by Gasteiger charge is -2.06. The highest BCUT2D eigenvalue weighted by atomic mass is 35.5. The first-order chi connectivity index (χ1) is 7.22. The molecule has 0 heterocycles. The fourth-order valence-corrected chi connectivity index (χ4v) is 1.67. The van der Waals surface area contributed by atoms with Gasteiger partial charge in [-0.05, 0) is 12.8 Å². The maximum absolute atomic E-state index is 11.4. The smallest absolute Gasteiger partial charge is 0.149 e. The second kappa shape index (κ2) is 13.0. The lowest BCUT2D eigenvalue weighted by Crippen LogP contribution is -2.29. The Morgan fingerprint density at radius 3 is 2.00 bits per heavy atom. The molecule has 0 bridgehead atoms. The summed E-state index contributed by atoms with van der Waals surface area (Å²) in [5, 5.41) is 0. The van der Waals surface area contributed by atoms with Crippen LogP contribution in [0.1, 0.15) is 71.6 Å². The monoisotopic (exact) mass is 249 g/mol. The molecule has 0 saturated heterocycles. The Morgan fingerprint density at radius 1 is 1.00 bits per heavy atom. The minimum absolute atomic E-state index is 0. The van der Waals surface area contributed by atoms with Crippen molar-refractivity contribution in [2.45, 2.75) is 77.7 Å². The summed E-state index contributed by atoms with van der Waals surface area (Å²) in [7, 11) is 0. The van der Waals surface area contributed by atoms with Gasteiger partial charge in [-0.2, -0.15) is 0 Å². The molecule has 0 rings (SSSR count). The number of Topliss-reactive ketones (excluding diaryl/α,β-unsaturated/α-hetero) is 1. The molecular formula is C13H28ClNO. The van der Waals surface area contributed by atoms with Gasteiger partial charge >= 0.3 is 0 Å². The molecule has 1 unspecified atom stereocenters. The molecule has 16 heavy (non-hydrogen) atoms. The van der Waals surface area contributed by atoms with E-state index in [1.54, 1.807) is 0 Å². The number of rotatable bonds is 10. The molecule has 0 spiro atoms. The van der Waals surface area contributed by atoms with Gasteiger partial charge in [-0.3, -0.25) is 4.79 Å². The maximum Gasteiger partial charge on any atom is 0.149 e. The average Bonchev–Trinajstić information content (AvgIpc) is 2.26. The summed E-state index contributed by atoms with van der Waals surface area (Å²) in [4.78, 5) is 11.4. The summed E-state index contributed by atoms with van der Waals surface area (Å²) in [5.74, 6) is 0.242. The number of unbranched alkanes of at least 4 members (excludes halogenated alkanes) is 6. The summed E-state index contributed by atoms with van der Waals surface area (Å²) in [6, 6.07) is -0.218. The first-order valence-electron chi connectivity index (χ1n) is 6.50. The van der Waals surface area contributed by atoms with Gasteiger partial charge in [0.2, 0.25) is 0 Å². The van der Waals surface area contributed by atoms with Gasteiger partial charge in [0.05, 0.1) is 6.04 Å². The molecule has 2 nitrogen and oxygen atoms in total. The Labute approximate surface area is 107 Å². The molecule has 98 valence electrons. The quantitative estimate of drug-likeness (QED) is 0.598. The van der Waals surface area contributed by atoms with Crippen LogP contribution in [0.3, 0.4) is 0 Å². The third-order valence-corrected chi connectivity index (χ3v) is 2.88. The lowest BCUT2D eigenvalue weighted by atomic mass is 10.0. The predicted octanol–water partition coefficient (Wildman–Crippen LogP) is 3.86. The van der Waals surface area contributed by atoms with E-state index in [0.717, 1.165) is 12.8 Å². The highest BCUT2D eigenvalue weighted by Gasteiger charge is 2.09. The third kappa shape index (κ3) is 10.4. The zero-order valence-electron chi connectivity index (χ0n) is 10.8. The van der Waals surface area contributed by atoms with Gasteiger partial charge < -0.3 is 5.73 Å². The zero-order valence-corrected chi connectivity index (χ0v) is 11.7. The molecule has 0 aliphatic rings. The molecule has 0 aromatic heterocycles. The van der Waals surface area contributed by atoms with E-state index in [9.17, 15) is 4.79 Å². The molecule has 0 saturated carbocycles. The van der Waals surface area contributed by atoms with Crippen LogP contribution in [0.15, 0.2) is 0 Å². The fourth-order valence-electron chi connectivity index (χ4n) is 1.67. The van der Waals surface area contributed by atoms with Gasteiger partial charge in [-0.1, -0.05) is 52.4 Å². The second-order valence-corrected chi connectivity index (χ2v) is 4.35. The number of halogens is 1. The number of carbonyl (C=O) groups excluding carboxylic acids is 1. The van der Waals surface area contributed by atoms with Crippen molar-refractivity contribution >= 4 is 18.2 Å². The second-order valence-electron chi connectivity index (χ2n) is 4.35. The molecule has 0 aromatic rings. The minimum Gasteiger partial charge on any atom is -0.322 e. The summed E-state index contributed by atoms with van der Waals surface area (Å²) >= 11 is 0. The van der Waals surface area contributed by atoms with E-state index >= 15 is 0 Å². The van der Waals surface area contributed by atoms with Gasteiger partial charge in [0.25, 0.3) is 0 Å². The van der Waals surface area contributed by atoms with Gasteiger partial charge in [-0.25, -0.2) is 0 Å². The van der Waals surface area contributed by atoms with Gasteiger partial charge in [0.15, 0.2) is 0 Å². The Morgan fingerprint density at radius 2 is 1.50 bits per heavy atom. The molecule has 3 heteroatoms. The minimum atomic E-state index is -0.218. The van der Waals surface area contributed by atoms with Crippen molar-refractivity contribution in [3.63, 3.8) is 0 Å². The van der Waals surface area contributed by atoms with Crippen molar-refractivity contribution in [3.05, 3.63) is 0 Å². The Balaban J connectivity index is 0. The molecule has 0 aliphatic heterocycles. The summed E-state index contributed by atoms with van der Waals surface area (Å²) in [5.41, 5.74) is 5.65. The van der Waals surface area contributed by atoms with Crippen molar-refractivity contribution in [1.29, 1.82) is 0 Å². The average molecular weight is 250 g/mol. The summed E-state index contributed by atoms with van der Waals surface area (Å²) in [6.07, 6.45) is 10.3. The SMILES string of the molecule is CCCCCCCCCC(=O)C(N)CC.Cl. The van der Waals surface area contributed by atoms with Crippen molar-refractivity contribution < 1.29 is 4.79 Å². The largest absolute Gasteiger partial charge is 0.322 e. The van der Waals surface area contributed by atoms with Gasteiger partial charge in [0.1, 0.15) is 5.78 Å². The molecular weight excluding hydrogens is 222 g/mol. The van der Waals surface area contributed by atoms with Crippen molar-refractivity contribution in [2.24, 2.45) is 5.73 Å². The van der Waals surface area contributed by atoms with Crippen LogP contribution in [0.5, 0.6) is 0 Å². The number of hydrogen-bond acceptors (Lipinski definition) is 2. The van der Waals surface area contributed by atoms with E-state index in [1.807, 2.05) is 6.92 Å². The van der Waals surface area contributed by atoms with Gasteiger partial charge in [0, 0.05) is 6.42 Å². The maximum atomic E-state index is 11.4. The third-order valence-electron chi connectivity index (χ3n) is 2.88. The van der Waals surface area contributed by atoms with E-state index in [2.05, 4.69) is 6.92 Å². The first-order valence-corrected chi connectivity index (χ1v) is 6.50. The van der Waals surface area contributed by atoms with Crippen LogP contribution in [0.25, 0.3) is 0 Å². The number of nitrogens with two attached hydrogens (primary N) is 1. The van der Waals surface area contributed by atoms with E-state index in [1.165, 1.54) is 38.5 Å². The fraction of sp³-hybridized carbons (Fsp3) is 0.923. The van der Waals surface area contributed by atoms with E-state index in [4.69, 9.17) is 5.73 Å². The molecule has 0 amide bonds. The van der Waals surface area contributed by atoms with E-state index in [0.29, 0.717) is 6.42 Å². The molecule has 0 aliphatic carbocycles.